The van der Waals surface area contributed by atoms with Crippen molar-refractivity contribution in [3.05, 3.63) is 137 Å². The van der Waals surface area contributed by atoms with Gasteiger partial charge in [0.2, 0.25) is 11.9 Å². The molecule has 21 heteroatoms. The number of hydrogen-bond acceptors (Lipinski definition) is 17. The van der Waals surface area contributed by atoms with Crippen molar-refractivity contribution in [2.75, 3.05) is 59.9 Å². The van der Waals surface area contributed by atoms with Crippen molar-refractivity contribution in [2.24, 2.45) is 5.92 Å². The van der Waals surface area contributed by atoms with E-state index in [1.165, 1.54) is 12.7 Å². The number of carbonyl (C=O) groups excluding carboxylic acids is 2. The van der Waals surface area contributed by atoms with Crippen molar-refractivity contribution in [1.29, 1.82) is 0 Å². The first-order chi connectivity index (χ1) is 37.3. The predicted molar refractivity (Wildman–Crippen MR) is 303 cm³/mol. The van der Waals surface area contributed by atoms with Crippen LogP contribution in [0.5, 0.6) is 0 Å². The lowest BCUT2D eigenvalue weighted by molar-refractivity contribution is 0.101. The first-order valence-electron chi connectivity index (χ1n) is 26.1. The Morgan fingerprint density at radius 1 is 0.718 bits per heavy atom. The largest absolute Gasteiger partial charge is 0.341 e. The van der Waals surface area contributed by atoms with E-state index in [4.69, 9.17) is 24.9 Å². The van der Waals surface area contributed by atoms with Gasteiger partial charge >= 0.3 is 0 Å². The van der Waals surface area contributed by atoms with E-state index in [0.29, 0.717) is 91.2 Å². The minimum Gasteiger partial charge on any atom is -0.341 e. The number of imidazole rings is 1. The van der Waals surface area contributed by atoms with Gasteiger partial charge in [-0.05, 0) is 107 Å². The minimum atomic E-state index is -0.361. The maximum atomic E-state index is 14.1. The summed E-state index contributed by atoms with van der Waals surface area (Å²) in [4.78, 5) is 80.1. The monoisotopic (exact) mass is 1050 g/mol. The number of pyridine rings is 1. The summed E-state index contributed by atoms with van der Waals surface area (Å²) in [5, 5.41) is 20.5. The van der Waals surface area contributed by atoms with Gasteiger partial charge in [0.15, 0.2) is 17.5 Å². The van der Waals surface area contributed by atoms with Crippen LogP contribution in [0.1, 0.15) is 115 Å². The third-order valence-corrected chi connectivity index (χ3v) is 13.9. The van der Waals surface area contributed by atoms with Crippen LogP contribution in [0.3, 0.4) is 0 Å². The fourth-order valence-electron chi connectivity index (χ4n) is 9.21. The molecule has 7 aromatic heterocycles. The highest BCUT2D eigenvalue weighted by Crippen LogP contribution is 2.34. The first kappa shape index (κ1) is 52.6. The number of aryl methyl sites for hydroxylation is 2. The molecular formula is C57H65N19O2. The fourth-order valence-corrected chi connectivity index (χ4v) is 9.21. The normalized spacial score (nSPS) is 13.3. The summed E-state index contributed by atoms with van der Waals surface area (Å²) in [5.41, 5.74) is 9.17. The summed E-state index contributed by atoms with van der Waals surface area (Å²) in [7, 11) is 4.22. The Kier molecular flexibility index (Phi) is 14.6. The van der Waals surface area contributed by atoms with E-state index in [-0.39, 0.29) is 29.1 Å². The smallest absolute Gasteiger partial charge is 0.256 e. The molecule has 8 heterocycles. The second kappa shape index (κ2) is 21.6. The third-order valence-electron chi connectivity index (χ3n) is 13.9. The number of amides is 2. The van der Waals surface area contributed by atoms with Gasteiger partial charge in [0.25, 0.3) is 11.8 Å². The van der Waals surface area contributed by atoms with Gasteiger partial charge in [0, 0.05) is 88.4 Å². The van der Waals surface area contributed by atoms with Crippen LogP contribution in [0.15, 0.2) is 92.2 Å². The second-order valence-corrected chi connectivity index (χ2v) is 22.3. The maximum absolute atomic E-state index is 14.1. The number of hydrogen-bond donors (Lipinski definition) is 5. The highest BCUT2D eigenvalue weighted by molar-refractivity contribution is 6.06. The number of piperidine rings is 1. The second-order valence-electron chi connectivity index (χ2n) is 22.3. The van der Waals surface area contributed by atoms with E-state index in [9.17, 15) is 9.59 Å². The lowest BCUT2D eigenvalue weighted by Crippen LogP contribution is -2.36. The molecule has 0 saturated carbocycles. The molecule has 0 unspecified atom stereocenters. The standard InChI is InChI=1S/C57H65N19O2/c1-33-11-12-37(52(77)65-39-15-19-58-44(26-39)56(3,4)5)24-40(33)66-51-49-47(61-31-63-51)42(68-55(71-49)75-21-17-35(18-22-75)16-20-74(9)10)23-36-13-14-38(53(78)69-46-27-45(72-73-46)57(6,7)8)25-41(36)67-50-48-43(60-30-62-50)28-59-54(70-48)76-29-34(2)64-32-76/h11-15,19,24-32,35H,16-18,20-23H2,1-10H3,(H,58,65,77)(H,60,62,67)(H,61,63,66)(H2,69,72,73,78). The number of aromatic amines is 1. The Bertz CT molecular complexity index is 3680. The Hall–Kier alpha value is -8.85. The first-order valence-corrected chi connectivity index (χ1v) is 26.1. The van der Waals surface area contributed by atoms with Crippen molar-refractivity contribution < 1.29 is 9.59 Å². The van der Waals surface area contributed by atoms with Crippen LogP contribution >= 0.6 is 0 Å². The number of aromatic nitrogens is 13. The van der Waals surface area contributed by atoms with Gasteiger partial charge in [0.05, 0.1) is 17.6 Å². The van der Waals surface area contributed by atoms with Crippen LogP contribution in [0.2, 0.25) is 0 Å². The van der Waals surface area contributed by atoms with Gasteiger partial charge in [-0.25, -0.2) is 44.9 Å². The molecule has 5 N–H and O–H groups in total. The van der Waals surface area contributed by atoms with Gasteiger partial charge in [-0.1, -0.05) is 53.7 Å². The summed E-state index contributed by atoms with van der Waals surface area (Å²) in [6.45, 7) is 18.9. The van der Waals surface area contributed by atoms with Crippen molar-refractivity contribution >= 4 is 74.3 Å². The lowest BCUT2D eigenvalue weighted by atomic mass is 9.91. The number of H-pyrrole nitrogens is 1. The van der Waals surface area contributed by atoms with E-state index < -0.39 is 0 Å². The van der Waals surface area contributed by atoms with Crippen LogP contribution in [-0.2, 0) is 17.3 Å². The van der Waals surface area contributed by atoms with Crippen molar-refractivity contribution in [2.45, 2.75) is 91.9 Å². The molecule has 21 nitrogen and oxygen atoms in total. The topological polar surface area (TPSA) is 251 Å². The van der Waals surface area contributed by atoms with Crippen LogP contribution in [0, 0.1) is 19.8 Å². The molecule has 0 atom stereocenters. The highest BCUT2D eigenvalue weighted by Gasteiger charge is 2.26. The molecule has 0 aliphatic carbocycles. The lowest BCUT2D eigenvalue weighted by Gasteiger charge is -2.32. The third kappa shape index (κ3) is 11.9. The molecule has 0 radical (unpaired) electrons. The fraction of sp³-hybridized carbons (Fsp3) is 0.351. The van der Waals surface area contributed by atoms with Gasteiger partial charge < -0.3 is 31.1 Å². The number of carbonyl (C=O) groups is 2. The Balaban J connectivity index is 1.04. The number of nitrogens with one attached hydrogen (secondary N) is 5. The minimum absolute atomic E-state index is 0.192. The van der Waals surface area contributed by atoms with E-state index in [0.717, 1.165) is 67.1 Å². The molecule has 400 valence electrons. The van der Waals surface area contributed by atoms with Crippen LogP contribution < -0.4 is 26.2 Å². The molecule has 1 aliphatic rings. The number of nitrogens with zero attached hydrogens (tertiary/aromatic N) is 14. The molecule has 2 aromatic carbocycles. The average molecular weight is 1050 g/mol. The Morgan fingerprint density at radius 3 is 2.14 bits per heavy atom. The van der Waals surface area contributed by atoms with E-state index in [1.54, 1.807) is 47.6 Å². The van der Waals surface area contributed by atoms with Crippen LogP contribution in [-0.4, -0.2) is 115 Å². The zero-order valence-corrected chi connectivity index (χ0v) is 45.8. The summed E-state index contributed by atoms with van der Waals surface area (Å²) in [6.07, 6.45) is 13.1. The molecular weight excluding hydrogens is 983 g/mol. The molecule has 2 amide bonds. The SMILES string of the molecule is Cc1cn(-c2ncc3ncnc(Nc4cc(C(=O)Nc5cc(C(C)(C)C)[nH]n5)ccc4Cc4nc(N5CCC(CCN(C)C)CC5)nc5c(Nc6cc(C(=O)Nc7ccnc(C(C)(C)C)c7)ccc6C)ncnc45)c3n2)cn1. The quantitative estimate of drug-likeness (QED) is 0.0641. The molecule has 1 aliphatic heterocycles. The summed E-state index contributed by atoms with van der Waals surface area (Å²) >= 11 is 0. The molecule has 9 aromatic rings. The zero-order chi connectivity index (χ0) is 54.9. The van der Waals surface area contributed by atoms with Gasteiger partial charge in [-0.15, -0.1) is 0 Å². The molecule has 1 fully saturated rings. The Morgan fingerprint density at radius 2 is 1.42 bits per heavy atom. The Labute approximate surface area is 452 Å². The van der Waals surface area contributed by atoms with Gasteiger partial charge in [-0.3, -0.25) is 24.2 Å². The van der Waals surface area contributed by atoms with E-state index in [2.05, 4.69) is 122 Å². The van der Waals surface area contributed by atoms with E-state index in [1.807, 2.05) is 50.4 Å². The van der Waals surface area contributed by atoms with Gasteiger partial charge in [0.1, 0.15) is 41.0 Å². The average Bonchev–Trinajstić information content (AvgIpc) is 4.17. The van der Waals surface area contributed by atoms with Crippen LogP contribution in [0.25, 0.3) is 28.0 Å². The maximum Gasteiger partial charge on any atom is 0.256 e. The number of fused-ring (bicyclic) bond motifs is 2. The molecule has 1 saturated heterocycles. The number of anilines is 7. The molecule has 78 heavy (non-hydrogen) atoms. The highest BCUT2D eigenvalue weighted by atomic mass is 16.2. The van der Waals surface area contributed by atoms with Crippen molar-refractivity contribution in [1.82, 2.24) is 69.5 Å². The zero-order valence-electron chi connectivity index (χ0n) is 45.8. The molecule has 10 rings (SSSR count). The van der Waals surface area contributed by atoms with E-state index >= 15 is 0 Å². The van der Waals surface area contributed by atoms with Gasteiger partial charge in [-0.2, -0.15) is 5.10 Å². The summed E-state index contributed by atoms with van der Waals surface area (Å²) in [6, 6.07) is 16.5. The van der Waals surface area contributed by atoms with Crippen molar-refractivity contribution in [3.63, 3.8) is 0 Å². The summed E-state index contributed by atoms with van der Waals surface area (Å²) in [5.74, 6) is 2.14. The molecule has 0 bridgehead atoms. The number of rotatable bonds is 15. The predicted octanol–water partition coefficient (Wildman–Crippen LogP) is 9.42. The molecule has 0 spiro atoms. The van der Waals surface area contributed by atoms with Crippen molar-refractivity contribution in [3.8, 4) is 5.95 Å². The number of benzene rings is 2. The summed E-state index contributed by atoms with van der Waals surface area (Å²) < 4.78 is 1.73. The van der Waals surface area contributed by atoms with Crippen LogP contribution in [0.4, 0.5) is 40.5 Å².